The molecule has 1 N–H and O–H groups in total. The molecule has 2 aromatic carbocycles. The van der Waals surface area contributed by atoms with Crippen LogP contribution in [0, 0.1) is 6.92 Å². The zero-order valence-corrected chi connectivity index (χ0v) is 15.0. The molecule has 0 amide bonds. The number of ether oxygens (including phenoxy) is 1. The SMILES string of the molecule is Cc1ccc(C23CC2=C(NOCCN(C)C)c2ccccc2O3)cc1. The molecule has 4 rings (SSSR count). The lowest BCUT2D eigenvalue weighted by molar-refractivity contribution is 0.0651. The molecule has 1 aliphatic carbocycles. The molecule has 0 radical (unpaired) electrons. The summed E-state index contributed by atoms with van der Waals surface area (Å²) in [6.07, 6.45) is 0.893. The maximum atomic E-state index is 6.43. The molecule has 130 valence electrons. The lowest BCUT2D eigenvalue weighted by atomic mass is 10.0. The van der Waals surface area contributed by atoms with E-state index in [1.54, 1.807) is 0 Å². The summed E-state index contributed by atoms with van der Waals surface area (Å²) in [4.78, 5) is 7.84. The van der Waals surface area contributed by atoms with Crippen LogP contribution in [0.1, 0.15) is 23.1 Å². The minimum absolute atomic E-state index is 0.338. The molecule has 1 unspecified atom stereocenters. The number of aryl methyl sites for hydroxylation is 1. The number of likely N-dealkylation sites (N-methyl/N-ethyl adjacent to an activating group) is 1. The van der Waals surface area contributed by atoms with E-state index in [0.717, 1.165) is 30.0 Å². The number of hydrogen-bond acceptors (Lipinski definition) is 4. The van der Waals surface area contributed by atoms with Crippen LogP contribution in [-0.4, -0.2) is 32.1 Å². The highest BCUT2D eigenvalue weighted by Gasteiger charge is 2.58. The smallest absolute Gasteiger partial charge is 0.162 e. The van der Waals surface area contributed by atoms with E-state index < -0.39 is 0 Å². The lowest BCUT2D eigenvalue weighted by Gasteiger charge is -2.26. The van der Waals surface area contributed by atoms with Crippen molar-refractivity contribution in [2.24, 2.45) is 0 Å². The first-order chi connectivity index (χ1) is 12.1. The number of hydroxylamine groups is 1. The zero-order valence-electron chi connectivity index (χ0n) is 15.0. The van der Waals surface area contributed by atoms with E-state index in [4.69, 9.17) is 9.57 Å². The number of benzene rings is 2. The van der Waals surface area contributed by atoms with Crippen LogP contribution in [0.5, 0.6) is 5.75 Å². The van der Waals surface area contributed by atoms with Crippen molar-refractivity contribution in [3.05, 3.63) is 70.8 Å². The van der Waals surface area contributed by atoms with E-state index >= 15 is 0 Å². The van der Waals surface area contributed by atoms with Crippen molar-refractivity contribution in [3.8, 4) is 5.75 Å². The fourth-order valence-corrected chi connectivity index (χ4v) is 3.33. The van der Waals surface area contributed by atoms with Gasteiger partial charge in [0.25, 0.3) is 0 Å². The topological polar surface area (TPSA) is 33.7 Å². The van der Waals surface area contributed by atoms with Crippen LogP contribution in [0.3, 0.4) is 0 Å². The molecule has 1 aliphatic heterocycles. The van der Waals surface area contributed by atoms with Gasteiger partial charge >= 0.3 is 0 Å². The molecule has 0 aromatic heterocycles. The molecule has 0 saturated heterocycles. The molecular weight excluding hydrogens is 312 g/mol. The van der Waals surface area contributed by atoms with E-state index in [-0.39, 0.29) is 5.60 Å². The fraction of sp³-hybridized carbons (Fsp3) is 0.333. The van der Waals surface area contributed by atoms with Crippen LogP contribution in [0.2, 0.25) is 0 Å². The minimum Gasteiger partial charge on any atom is -0.477 e. The molecule has 1 atom stereocenters. The van der Waals surface area contributed by atoms with E-state index in [2.05, 4.69) is 47.6 Å². The fourth-order valence-electron chi connectivity index (χ4n) is 3.33. The maximum Gasteiger partial charge on any atom is 0.162 e. The predicted molar refractivity (Wildman–Crippen MR) is 99.1 cm³/mol. The first-order valence-electron chi connectivity index (χ1n) is 8.72. The van der Waals surface area contributed by atoms with Crippen LogP contribution >= 0.6 is 0 Å². The zero-order chi connectivity index (χ0) is 17.4. The number of rotatable bonds is 6. The Morgan fingerprint density at radius 1 is 1.12 bits per heavy atom. The van der Waals surface area contributed by atoms with Crippen LogP contribution in [0.25, 0.3) is 5.70 Å². The third-order valence-corrected chi connectivity index (χ3v) is 4.86. The van der Waals surface area contributed by atoms with Crippen molar-refractivity contribution < 1.29 is 9.57 Å². The predicted octanol–water partition coefficient (Wildman–Crippen LogP) is 3.48. The molecule has 0 spiro atoms. The molecule has 2 aliphatic rings. The van der Waals surface area contributed by atoms with E-state index in [1.807, 2.05) is 32.3 Å². The number of fused-ring (bicyclic) bond motifs is 2. The van der Waals surface area contributed by atoms with Crippen molar-refractivity contribution >= 4 is 5.70 Å². The third-order valence-electron chi connectivity index (χ3n) is 4.86. The first-order valence-corrected chi connectivity index (χ1v) is 8.72. The van der Waals surface area contributed by atoms with Gasteiger partial charge in [0, 0.05) is 29.7 Å². The van der Waals surface area contributed by atoms with Crippen LogP contribution < -0.4 is 10.2 Å². The molecule has 0 bridgehead atoms. The Kier molecular flexibility index (Phi) is 4.02. The van der Waals surface area contributed by atoms with Gasteiger partial charge in [-0.25, -0.2) is 0 Å². The van der Waals surface area contributed by atoms with Crippen LogP contribution in [-0.2, 0) is 10.4 Å². The van der Waals surface area contributed by atoms with E-state index in [9.17, 15) is 0 Å². The van der Waals surface area contributed by atoms with E-state index in [1.165, 1.54) is 16.7 Å². The number of hydrogen-bond donors (Lipinski definition) is 1. The number of para-hydroxylation sites is 1. The molecule has 1 fully saturated rings. The van der Waals surface area contributed by atoms with Gasteiger partial charge in [0.15, 0.2) is 5.60 Å². The molecule has 2 aromatic rings. The van der Waals surface area contributed by atoms with Gasteiger partial charge in [-0.3, -0.25) is 10.3 Å². The van der Waals surface area contributed by atoms with Crippen molar-refractivity contribution in [1.82, 2.24) is 10.4 Å². The first kappa shape index (κ1) is 16.2. The molecular formula is C21H24N2O2. The highest BCUT2D eigenvalue weighted by atomic mass is 16.6. The highest BCUT2D eigenvalue weighted by molar-refractivity contribution is 5.80. The Bertz CT molecular complexity index is 811. The summed E-state index contributed by atoms with van der Waals surface area (Å²) in [6, 6.07) is 16.8. The van der Waals surface area contributed by atoms with E-state index in [0.29, 0.717) is 6.61 Å². The Labute approximate surface area is 149 Å². The van der Waals surface area contributed by atoms with Crippen LogP contribution in [0.15, 0.2) is 54.1 Å². The Morgan fingerprint density at radius 2 is 1.88 bits per heavy atom. The molecule has 25 heavy (non-hydrogen) atoms. The van der Waals surface area contributed by atoms with Crippen molar-refractivity contribution in [2.45, 2.75) is 18.9 Å². The third kappa shape index (κ3) is 2.92. The Balaban J connectivity index is 1.64. The second-order valence-electron chi connectivity index (χ2n) is 7.08. The monoisotopic (exact) mass is 336 g/mol. The van der Waals surface area contributed by atoms with Crippen molar-refractivity contribution in [3.63, 3.8) is 0 Å². The molecule has 1 saturated carbocycles. The standard InChI is InChI=1S/C21H24N2O2/c1-15-8-10-16(11-9-15)21-14-18(21)20(22-24-13-12-23(2)3)17-6-4-5-7-19(17)25-21/h4-11,22H,12-14H2,1-3H3. The summed E-state index contributed by atoms with van der Waals surface area (Å²) in [7, 11) is 4.08. The van der Waals surface area contributed by atoms with Gasteiger partial charge < -0.3 is 9.64 Å². The van der Waals surface area contributed by atoms with Crippen molar-refractivity contribution in [2.75, 3.05) is 27.2 Å². The minimum atomic E-state index is -0.338. The summed E-state index contributed by atoms with van der Waals surface area (Å²) in [5, 5.41) is 0. The second kappa shape index (κ2) is 6.21. The van der Waals surface area contributed by atoms with Crippen LogP contribution in [0.4, 0.5) is 0 Å². The van der Waals surface area contributed by atoms with Gasteiger partial charge in [-0.05, 0) is 33.2 Å². The van der Waals surface area contributed by atoms with Gasteiger partial charge in [-0.15, -0.1) is 0 Å². The summed E-state index contributed by atoms with van der Waals surface area (Å²) in [6.45, 7) is 3.61. The normalized spacial score (nSPS) is 20.8. The number of nitrogens with zero attached hydrogens (tertiary/aromatic N) is 1. The summed E-state index contributed by atoms with van der Waals surface area (Å²) < 4.78 is 6.43. The Hall–Kier alpha value is -2.30. The summed E-state index contributed by atoms with van der Waals surface area (Å²) in [5.74, 6) is 0.906. The van der Waals surface area contributed by atoms with Crippen molar-refractivity contribution in [1.29, 1.82) is 0 Å². The quantitative estimate of drug-likeness (QED) is 0.647. The molecule has 1 heterocycles. The largest absolute Gasteiger partial charge is 0.477 e. The van der Waals surface area contributed by atoms with Gasteiger partial charge in [0.05, 0.1) is 12.3 Å². The van der Waals surface area contributed by atoms with Gasteiger partial charge in [0.1, 0.15) is 5.75 Å². The Morgan fingerprint density at radius 3 is 2.64 bits per heavy atom. The second-order valence-corrected chi connectivity index (χ2v) is 7.08. The van der Waals surface area contributed by atoms with Gasteiger partial charge in [0.2, 0.25) is 0 Å². The molecule has 4 heteroatoms. The average Bonchev–Trinajstić information content (AvgIpc) is 3.33. The highest BCUT2D eigenvalue weighted by Crippen LogP contribution is 2.60. The molecule has 4 nitrogen and oxygen atoms in total. The average molecular weight is 336 g/mol. The summed E-state index contributed by atoms with van der Waals surface area (Å²) >= 11 is 0. The van der Waals surface area contributed by atoms with Gasteiger partial charge in [-0.1, -0.05) is 42.0 Å². The number of nitrogens with one attached hydrogen (secondary N) is 1. The lowest BCUT2D eigenvalue weighted by Crippen LogP contribution is -2.26. The maximum absolute atomic E-state index is 6.43. The van der Waals surface area contributed by atoms with Gasteiger partial charge in [-0.2, -0.15) is 0 Å². The summed E-state index contributed by atoms with van der Waals surface area (Å²) in [5.41, 5.74) is 8.72.